The second-order valence-electron chi connectivity index (χ2n) is 6.67. The average Bonchev–Trinajstić information content (AvgIpc) is 2.45. The van der Waals surface area contributed by atoms with Crippen LogP contribution in [0.3, 0.4) is 0 Å². The molecule has 118 valence electrons. The van der Waals surface area contributed by atoms with Crippen molar-refractivity contribution < 1.29 is 0 Å². The quantitative estimate of drug-likeness (QED) is 0.862. The highest BCUT2D eigenvalue weighted by Gasteiger charge is 2.23. The standard InChI is InChI=1S/C18H28N2.ClH/c1-2-5-16(6-3-1)13-20(14-17-7-4-8-17)15-18-9-11-19-12-10-18;/h1-3,5-6,17-19H,4,7-15H2;1H. The van der Waals surface area contributed by atoms with E-state index in [1.165, 1.54) is 63.8 Å². The summed E-state index contributed by atoms with van der Waals surface area (Å²) in [6.45, 7) is 6.19. The number of piperidine rings is 1. The summed E-state index contributed by atoms with van der Waals surface area (Å²) in [5.74, 6) is 1.88. The molecule has 2 nitrogen and oxygen atoms in total. The first-order chi connectivity index (χ1) is 9.90. The Kier molecular flexibility index (Phi) is 7.01. The molecule has 0 aromatic heterocycles. The Morgan fingerprint density at radius 1 is 0.905 bits per heavy atom. The van der Waals surface area contributed by atoms with Crippen molar-refractivity contribution in [2.75, 3.05) is 26.2 Å². The molecule has 0 unspecified atom stereocenters. The van der Waals surface area contributed by atoms with Gasteiger partial charge in [-0.25, -0.2) is 0 Å². The minimum absolute atomic E-state index is 0. The van der Waals surface area contributed by atoms with E-state index in [2.05, 4.69) is 40.5 Å². The summed E-state index contributed by atoms with van der Waals surface area (Å²) in [7, 11) is 0. The Morgan fingerprint density at radius 3 is 2.10 bits per heavy atom. The zero-order valence-electron chi connectivity index (χ0n) is 13.0. The normalized spacial score (nSPS) is 20.0. The van der Waals surface area contributed by atoms with Gasteiger partial charge in [0.05, 0.1) is 0 Å². The van der Waals surface area contributed by atoms with Crippen LogP contribution in [0.2, 0.25) is 0 Å². The van der Waals surface area contributed by atoms with Crippen LogP contribution in [0.15, 0.2) is 30.3 Å². The first-order valence-corrected chi connectivity index (χ1v) is 8.37. The number of benzene rings is 1. The molecule has 1 saturated carbocycles. The SMILES string of the molecule is Cl.c1ccc(CN(CC2CCC2)CC2CCNCC2)cc1. The molecule has 0 spiro atoms. The molecule has 0 atom stereocenters. The summed E-state index contributed by atoms with van der Waals surface area (Å²) in [5.41, 5.74) is 1.47. The lowest BCUT2D eigenvalue weighted by atomic mass is 9.84. The second-order valence-corrected chi connectivity index (χ2v) is 6.67. The lowest BCUT2D eigenvalue weighted by molar-refractivity contribution is 0.140. The molecule has 0 radical (unpaired) electrons. The van der Waals surface area contributed by atoms with E-state index in [9.17, 15) is 0 Å². The zero-order chi connectivity index (χ0) is 13.6. The van der Waals surface area contributed by atoms with Crippen LogP contribution in [0.4, 0.5) is 0 Å². The Morgan fingerprint density at radius 2 is 1.52 bits per heavy atom. The number of nitrogens with one attached hydrogen (secondary N) is 1. The van der Waals surface area contributed by atoms with Gasteiger partial charge in [0.15, 0.2) is 0 Å². The highest BCUT2D eigenvalue weighted by molar-refractivity contribution is 5.85. The third kappa shape index (κ3) is 5.28. The van der Waals surface area contributed by atoms with Gasteiger partial charge in [0.1, 0.15) is 0 Å². The van der Waals surface area contributed by atoms with Crippen molar-refractivity contribution in [2.45, 2.75) is 38.6 Å². The Bertz CT molecular complexity index is 385. The van der Waals surface area contributed by atoms with E-state index in [1.807, 2.05) is 0 Å². The van der Waals surface area contributed by atoms with Gasteiger partial charge in [0.25, 0.3) is 0 Å². The Labute approximate surface area is 135 Å². The van der Waals surface area contributed by atoms with Crippen LogP contribution >= 0.6 is 12.4 Å². The van der Waals surface area contributed by atoms with Crippen molar-refractivity contribution in [3.63, 3.8) is 0 Å². The lowest BCUT2D eigenvalue weighted by Gasteiger charge is -2.35. The molecule has 1 saturated heterocycles. The summed E-state index contributed by atoms with van der Waals surface area (Å²) in [5, 5.41) is 3.48. The van der Waals surface area contributed by atoms with Gasteiger partial charge in [-0.2, -0.15) is 0 Å². The van der Waals surface area contributed by atoms with Crippen molar-refractivity contribution >= 4 is 12.4 Å². The zero-order valence-corrected chi connectivity index (χ0v) is 13.8. The van der Waals surface area contributed by atoms with E-state index in [1.54, 1.807) is 0 Å². The Balaban J connectivity index is 0.00000161. The van der Waals surface area contributed by atoms with E-state index >= 15 is 0 Å². The van der Waals surface area contributed by atoms with E-state index in [0.29, 0.717) is 0 Å². The van der Waals surface area contributed by atoms with E-state index < -0.39 is 0 Å². The highest BCUT2D eigenvalue weighted by Crippen LogP contribution is 2.28. The molecule has 2 aliphatic rings. The molecule has 1 aromatic rings. The van der Waals surface area contributed by atoms with E-state index in [0.717, 1.165) is 18.4 Å². The van der Waals surface area contributed by atoms with Gasteiger partial charge in [0.2, 0.25) is 0 Å². The van der Waals surface area contributed by atoms with Gasteiger partial charge >= 0.3 is 0 Å². The molecular weight excluding hydrogens is 280 g/mol. The second kappa shape index (κ2) is 8.77. The molecule has 1 aromatic carbocycles. The maximum absolute atomic E-state index is 3.48. The van der Waals surface area contributed by atoms with Crippen molar-refractivity contribution in [3.05, 3.63) is 35.9 Å². The molecule has 1 N–H and O–H groups in total. The van der Waals surface area contributed by atoms with E-state index in [-0.39, 0.29) is 12.4 Å². The summed E-state index contributed by atoms with van der Waals surface area (Å²) in [4.78, 5) is 2.73. The van der Waals surface area contributed by atoms with Gasteiger partial charge in [0, 0.05) is 19.6 Å². The van der Waals surface area contributed by atoms with Crippen molar-refractivity contribution in [2.24, 2.45) is 11.8 Å². The molecule has 0 bridgehead atoms. The molecule has 1 aliphatic heterocycles. The monoisotopic (exact) mass is 308 g/mol. The molecule has 1 heterocycles. The fourth-order valence-electron chi connectivity index (χ4n) is 3.52. The molecule has 3 rings (SSSR count). The lowest BCUT2D eigenvalue weighted by Crippen LogP contribution is -2.39. The minimum atomic E-state index is 0. The summed E-state index contributed by atoms with van der Waals surface area (Å²) in [6.07, 6.45) is 7.08. The van der Waals surface area contributed by atoms with Crippen LogP contribution in [0.1, 0.15) is 37.7 Å². The van der Waals surface area contributed by atoms with Gasteiger partial charge in [-0.05, 0) is 56.2 Å². The van der Waals surface area contributed by atoms with Crippen molar-refractivity contribution in [1.82, 2.24) is 10.2 Å². The van der Waals surface area contributed by atoms with E-state index in [4.69, 9.17) is 0 Å². The topological polar surface area (TPSA) is 15.3 Å². The first kappa shape index (κ1) is 16.8. The number of rotatable bonds is 6. The first-order valence-electron chi connectivity index (χ1n) is 8.37. The van der Waals surface area contributed by atoms with Gasteiger partial charge < -0.3 is 5.32 Å². The largest absolute Gasteiger partial charge is 0.317 e. The third-order valence-corrected chi connectivity index (χ3v) is 4.97. The predicted molar refractivity (Wildman–Crippen MR) is 91.9 cm³/mol. The predicted octanol–water partition coefficient (Wildman–Crippen LogP) is 3.71. The molecule has 0 amide bonds. The summed E-state index contributed by atoms with van der Waals surface area (Å²) < 4.78 is 0. The third-order valence-electron chi connectivity index (χ3n) is 4.97. The molecule has 2 fully saturated rings. The average molecular weight is 309 g/mol. The molecule has 3 heteroatoms. The van der Waals surface area contributed by atoms with Crippen LogP contribution in [0, 0.1) is 11.8 Å². The van der Waals surface area contributed by atoms with Crippen LogP contribution in [-0.4, -0.2) is 31.1 Å². The van der Waals surface area contributed by atoms with Crippen molar-refractivity contribution in [3.8, 4) is 0 Å². The summed E-state index contributed by atoms with van der Waals surface area (Å²) in [6, 6.07) is 11.0. The fraction of sp³-hybridized carbons (Fsp3) is 0.667. The van der Waals surface area contributed by atoms with Crippen LogP contribution in [-0.2, 0) is 6.54 Å². The summed E-state index contributed by atoms with van der Waals surface area (Å²) >= 11 is 0. The van der Waals surface area contributed by atoms with Crippen LogP contribution in [0.5, 0.6) is 0 Å². The maximum Gasteiger partial charge on any atom is 0.0233 e. The number of halogens is 1. The highest BCUT2D eigenvalue weighted by atomic mass is 35.5. The molecule has 21 heavy (non-hydrogen) atoms. The number of hydrogen-bond acceptors (Lipinski definition) is 2. The van der Waals surface area contributed by atoms with Crippen LogP contribution in [0.25, 0.3) is 0 Å². The van der Waals surface area contributed by atoms with Crippen molar-refractivity contribution in [1.29, 1.82) is 0 Å². The Hall–Kier alpha value is -0.570. The smallest absolute Gasteiger partial charge is 0.0233 e. The minimum Gasteiger partial charge on any atom is -0.317 e. The van der Waals surface area contributed by atoms with Gasteiger partial charge in [-0.3, -0.25) is 4.90 Å². The molecule has 1 aliphatic carbocycles. The number of nitrogens with zero attached hydrogens (tertiary/aromatic N) is 1. The fourth-order valence-corrected chi connectivity index (χ4v) is 3.52. The van der Waals surface area contributed by atoms with Gasteiger partial charge in [-0.1, -0.05) is 36.8 Å². The van der Waals surface area contributed by atoms with Gasteiger partial charge in [-0.15, -0.1) is 12.4 Å². The molecular formula is C18H29ClN2. The van der Waals surface area contributed by atoms with Crippen LogP contribution < -0.4 is 5.32 Å². The maximum atomic E-state index is 3.48. The number of hydrogen-bond donors (Lipinski definition) is 1.